The van der Waals surface area contributed by atoms with Crippen LogP contribution < -0.4 is 10.6 Å². The fourth-order valence-electron chi connectivity index (χ4n) is 1.56. The lowest BCUT2D eigenvalue weighted by molar-refractivity contribution is -0.384. The van der Waals surface area contributed by atoms with Crippen LogP contribution in [0.4, 0.5) is 15.8 Å². The molecule has 8 heteroatoms. The van der Waals surface area contributed by atoms with Crippen molar-refractivity contribution in [2.24, 2.45) is 5.92 Å². The molecule has 116 valence electrons. The second-order valence-electron chi connectivity index (χ2n) is 5.05. The maximum atomic E-state index is 13.4. The Morgan fingerprint density at radius 2 is 2.05 bits per heavy atom. The summed E-state index contributed by atoms with van der Waals surface area (Å²) in [7, 11) is 0. The summed E-state index contributed by atoms with van der Waals surface area (Å²) in [4.78, 5) is 22.1. The summed E-state index contributed by atoms with van der Waals surface area (Å²) >= 11 is 2.97. The van der Waals surface area contributed by atoms with Gasteiger partial charge in [-0.05, 0) is 34.8 Å². The Morgan fingerprint density at radius 1 is 1.43 bits per heavy atom. The first-order valence-electron chi connectivity index (χ1n) is 6.40. The van der Waals surface area contributed by atoms with Crippen molar-refractivity contribution >= 4 is 33.2 Å². The van der Waals surface area contributed by atoms with E-state index in [1.165, 1.54) is 6.07 Å². The number of nitro benzene ring substituents is 1. The van der Waals surface area contributed by atoms with Gasteiger partial charge in [0, 0.05) is 6.54 Å². The fourth-order valence-corrected chi connectivity index (χ4v) is 1.90. The Hall–Kier alpha value is -1.70. The molecule has 0 fully saturated rings. The minimum absolute atomic E-state index is 0.0838. The van der Waals surface area contributed by atoms with E-state index >= 15 is 0 Å². The molecule has 2 N–H and O–H groups in total. The number of amides is 1. The van der Waals surface area contributed by atoms with Gasteiger partial charge in [-0.15, -0.1) is 0 Å². The summed E-state index contributed by atoms with van der Waals surface area (Å²) in [6, 6.07) is 1.38. The molecule has 0 aliphatic heterocycles. The van der Waals surface area contributed by atoms with Crippen LogP contribution in [0.1, 0.15) is 20.8 Å². The summed E-state index contributed by atoms with van der Waals surface area (Å²) in [5, 5.41) is 16.4. The van der Waals surface area contributed by atoms with E-state index in [0.717, 1.165) is 6.07 Å². The first kappa shape index (κ1) is 17.4. The lowest BCUT2D eigenvalue weighted by atomic mass is 10.2. The highest BCUT2D eigenvalue weighted by atomic mass is 79.9. The molecule has 1 aromatic rings. The van der Waals surface area contributed by atoms with Crippen LogP contribution in [0.5, 0.6) is 0 Å². The second-order valence-corrected chi connectivity index (χ2v) is 5.90. The highest BCUT2D eigenvalue weighted by molar-refractivity contribution is 9.10. The van der Waals surface area contributed by atoms with Gasteiger partial charge in [0.2, 0.25) is 5.91 Å². The summed E-state index contributed by atoms with van der Waals surface area (Å²) in [5.41, 5.74) is -0.334. The average Bonchev–Trinajstić information content (AvgIpc) is 2.39. The van der Waals surface area contributed by atoms with Crippen molar-refractivity contribution in [2.45, 2.75) is 26.8 Å². The highest BCUT2D eigenvalue weighted by Gasteiger charge is 2.21. The van der Waals surface area contributed by atoms with Crippen LogP contribution in [0.15, 0.2) is 16.6 Å². The normalized spacial score (nSPS) is 12.1. The topological polar surface area (TPSA) is 84.3 Å². The first-order chi connectivity index (χ1) is 9.72. The molecule has 21 heavy (non-hydrogen) atoms. The van der Waals surface area contributed by atoms with Crippen molar-refractivity contribution in [3.63, 3.8) is 0 Å². The number of nitro groups is 1. The van der Waals surface area contributed by atoms with E-state index in [2.05, 4.69) is 26.6 Å². The van der Waals surface area contributed by atoms with Crippen molar-refractivity contribution in [1.82, 2.24) is 5.32 Å². The fraction of sp³-hybridized carbons (Fsp3) is 0.462. The van der Waals surface area contributed by atoms with Gasteiger partial charge in [-0.3, -0.25) is 14.9 Å². The predicted octanol–water partition coefficient (Wildman–Crippen LogP) is 3.07. The number of hydrogen-bond acceptors (Lipinski definition) is 4. The van der Waals surface area contributed by atoms with Gasteiger partial charge in [0.25, 0.3) is 5.69 Å². The van der Waals surface area contributed by atoms with Gasteiger partial charge in [-0.1, -0.05) is 13.8 Å². The number of carbonyl (C=O) groups is 1. The molecule has 0 bridgehead atoms. The third-order valence-corrected chi connectivity index (χ3v) is 3.29. The first-order valence-corrected chi connectivity index (χ1v) is 7.19. The summed E-state index contributed by atoms with van der Waals surface area (Å²) < 4.78 is 13.5. The van der Waals surface area contributed by atoms with Crippen LogP contribution >= 0.6 is 15.9 Å². The van der Waals surface area contributed by atoms with Crippen LogP contribution in [-0.2, 0) is 4.79 Å². The average molecular weight is 362 g/mol. The summed E-state index contributed by atoms with van der Waals surface area (Å²) in [6.07, 6.45) is 0. The predicted molar refractivity (Wildman–Crippen MR) is 81.7 cm³/mol. The van der Waals surface area contributed by atoms with E-state index in [0.29, 0.717) is 12.5 Å². The van der Waals surface area contributed by atoms with E-state index in [4.69, 9.17) is 0 Å². The van der Waals surface area contributed by atoms with E-state index in [9.17, 15) is 19.3 Å². The molecule has 6 nitrogen and oxygen atoms in total. The standard InChI is InChI=1S/C13H17BrFN3O3/c1-7(2)6-16-13(19)8(3)17-11-4-9(14)10(15)5-12(11)18(20)21/h4-5,7-8,17H,6H2,1-3H3,(H,16,19). The second kappa shape index (κ2) is 7.35. The maximum absolute atomic E-state index is 13.4. The van der Waals surface area contributed by atoms with Crippen molar-refractivity contribution in [3.8, 4) is 0 Å². The van der Waals surface area contributed by atoms with Crippen LogP contribution in [0.25, 0.3) is 0 Å². The highest BCUT2D eigenvalue weighted by Crippen LogP contribution is 2.30. The number of nitrogens with one attached hydrogen (secondary N) is 2. The van der Waals surface area contributed by atoms with Gasteiger partial charge < -0.3 is 10.6 Å². The molecule has 1 atom stereocenters. The molecule has 0 aliphatic rings. The van der Waals surface area contributed by atoms with Crippen LogP contribution in [0, 0.1) is 21.8 Å². The van der Waals surface area contributed by atoms with Crippen molar-refractivity contribution in [1.29, 1.82) is 0 Å². The third kappa shape index (κ3) is 4.96. The van der Waals surface area contributed by atoms with E-state index in [1.54, 1.807) is 6.92 Å². The van der Waals surface area contributed by atoms with Gasteiger partial charge in [-0.2, -0.15) is 0 Å². The largest absolute Gasteiger partial charge is 0.368 e. The lowest BCUT2D eigenvalue weighted by Gasteiger charge is -2.16. The zero-order valence-electron chi connectivity index (χ0n) is 11.9. The van der Waals surface area contributed by atoms with E-state index in [1.807, 2.05) is 13.8 Å². The smallest absolute Gasteiger partial charge is 0.295 e. The van der Waals surface area contributed by atoms with Crippen LogP contribution in [0.2, 0.25) is 0 Å². The Labute approximate surface area is 130 Å². The number of rotatable bonds is 6. The van der Waals surface area contributed by atoms with Gasteiger partial charge in [0.05, 0.1) is 15.5 Å². The molecule has 0 aliphatic carbocycles. The Balaban J connectivity index is 2.89. The lowest BCUT2D eigenvalue weighted by Crippen LogP contribution is -2.39. The molecule has 1 amide bonds. The zero-order chi connectivity index (χ0) is 16.2. The molecule has 1 unspecified atom stereocenters. The number of nitrogens with zero attached hydrogens (tertiary/aromatic N) is 1. The summed E-state index contributed by atoms with van der Waals surface area (Å²) in [5.74, 6) is -0.710. The molecule has 0 spiro atoms. The summed E-state index contributed by atoms with van der Waals surface area (Å²) in [6.45, 7) is 6.01. The van der Waals surface area contributed by atoms with Gasteiger partial charge in [0.1, 0.15) is 17.5 Å². The SMILES string of the molecule is CC(C)CNC(=O)C(C)Nc1cc(Br)c(F)cc1[N+](=O)[O-]. The minimum atomic E-state index is -0.732. The van der Waals surface area contributed by atoms with Crippen LogP contribution in [0.3, 0.4) is 0 Å². The monoisotopic (exact) mass is 361 g/mol. The number of benzene rings is 1. The maximum Gasteiger partial charge on any atom is 0.295 e. The van der Waals surface area contributed by atoms with Crippen molar-refractivity contribution in [3.05, 3.63) is 32.5 Å². The van der Waals surface area contributed by atoms with Crippen molar-refractivity contribution < 1.29 is 14.1 Å². The van der Waals surface area contributed by atoms with Gasteiger partial charge in [-0.25, -0.2) is 4.39 Å². The Morgan fingerprint density at radius 3 is 2.57 bits per heavy atom. The molecular weight excluding hydrogens is 345 g/mol. The number of anilines is 1. The number of halogens is 2. The molecule has 0 radical (unpaired) electrons. The Bertz CT molecular complexity index is 552. The van der Waals surface area contributed by atoms with Crippen molar-refractivity contribution in [2.75, 3.05) is 11.9 Å². The van der Waals surface area contributed by atoms with Gasteiger partial charge in [0.15, 0.2) is 0 Å². The third-order valence-electron chi connectivity index (χ3n) is 2.69. The molecular formula is C13H17BrFN3O3. The minimum Gasteiger partial charge on any atom is -0.368 e. The molecule has 1 aromatic carbocycles. The molecule has 0 saturated heterocycles. The zero-order valence-corrected chi connectivity index (χ0v) is 13.5. The van der Waals surface area contributed by atoms with Gasteiger partial charge >= 0.3 is 0 Å². The molecule has 0 saturated carbocycles. The molecule has 0 heterocycles. The molecule has 1 rings (SSSR count). The number of hydrogen-bond donors (Lipinski definition) is 2. The van der Waals surface area contributed by atoms with E-state index < -0.39 is 22.5 Å². The Kier molecular flexibility index (Phi) is 6.07. The van der Waals surface area contributed by atoms with E-state index in [-0.39, 0.29) is 16.1 Å². The quantitative estimate of drug-likeness (QED) is 0.602. The molecule has 0 aromatic heterocycles. The van der Waals surface area contributed by atoms with Crippen LogP contribution in [-0.4, -0.2) is 23.4 Å². The number of carbonyl (C=O) groups excluding carboxylic acids is 1.